The molecular weight excluding hydrogens is 425 g/mol. The lowest BCUT2D eigenvalue weighted by Gasteiger charge is -2.15. The van der Waals surface area contributed by atoms with Gasteiger partial charge in [0.2, 0.25) is 5.91 Å². The lowest BCUT2D eigenvalue weighted by molar-refractivity contribution is -0.134. The fourth-order valence-electron chi connectivity index (χ4n) is 4.29. The smallest absolute Gasteiger partial charge is 0.252 e. The van der Waals surface area contributed by atoms with Gasteiger partial charge in [-0.2, -0.15) is 0 Å². The first-order valence-corrected chi connectivity index (χ1v) is 10.7. The number of nitrogens with one attached hydrogen (secondary N) is 1. The number of carbonyl (C=O) groups excluding carboxylic acids is 2. The van der Waals surface area contributed by atoms with Crippen molar-refractivity contribution in [3.63, 3.8) is 0 Å². The lowest BCUT2D eigenvalue weighted by Crippen LogP contribution is -2.28. The number of rotatable bonds is 8. The van der Waals surface area contributed by atoms with Gasteiger partial charge in [-0.25, -0.2) is 14.9 Å². The predicted octanol–water partition coefficient (Wildman–Crippen LogP) is 3.80. The average molecular weight is 449 g/mol. The Morgan fingerprint density at radius 3 is 2.79 bits per heavy atom. The quantitative estimate of drug-likeness (QED) is 0.310. The van der Waals surface area contributed by atoms with Gasteiger partial charge in [0.1, 0.15) is 6.61 Å². The van der Waals surface area contributed by atoms with Gasteiger partial charge in [-0.3, -0.25) is 19.8 Å². The van der Waals surface area contributed by atoms with E-state index in [0.717, 1.165) is 28.6 Å². The van der Waals surface area contributed by atoms with Gasteiger partial charge in [0.15, 0.2) is 11.6 Å². The highest BCUT2D eigenvalue weighted by atomic mass is 19.1. The van der Waals surface area contributed by atoms with Crippen molar-refractivity contribution in [2.45, 2.75) is 32.8 Å². The van der Waals surface area contributed by atoms with Gasteiger partial charge >= 0.3 is 0 Å². The van der Waals surface area contributed by atoms with Crippen LogP contribution in [0.4, 0.5) is 4.39 Å². The maximum atomic E-state index is 14.8. The van der Waals surface area contributed by atoms with Crippen molar-refractivity contribution < 1.29 is 23.9 Å². The number of amides is 2. The molecule has 0 aliphatic heterocycles. The van der Waals surface area contributed by atoms with Crippen molar-refractivity contribution in [3.8, 4) is 5.75 Å². The van der Waals surface area contributed by atoms with Crippen LogP contribution in [0, 0.1) is 17.2 Å². The molecule has 7 nitrogen and oxygen atoms in total. The number of para-hydroxylation sites is 1. The molecule has 0 radical (unpaired) electrons. The number of ether oxygens (including phenoxy) is 1. The predicted molar refractivity (Wildman–Crippen MR) is 121 cm³/mol. The van der Waals surface area contributed by atoms with E-state index in [0.29, 0.717) is 5.56 Å². The standard InChI is InChI=1S/C25H24FN3O4/c1-3-17-11-16(18-6-4-5-7-21(18)28-17)14-33-22-9-8-15(10-20(22)26)12-25(24(31)27-2)13-19(25)23(30)29-32/h4-11,19,32H,2-3,12-14H2,1H3,(H,29,30)/t19-,25+/m1/s1. The zero-order valence-corrected chi connectivity index (χ0v) is 18.2. The van der Waals surface area contributed by atoms with Crippen molar-refractivity contribution in [2.24, 2.45) is 16.3 Å². The lowest BCUT2D eigenvalue weighted by atomic mass is 9.92. The van der Waals surface area contributed by atoms with E-state index in [1.165, 1.54) is 12.1 Å². The molecule has 0 bridgehead atoms. The Morgan fingerprint density at radius 1 is 1.30 bits per heavy atom. The van der Waals surface area contributed by atoms with Gasteiger partial charge in [-0.15, -0.1) is 0 Å². The van der Waals surface area contributed by atoms with Crippen LogP contribution in [-0.2, 0) is 29.0 Å². The summed E-state index contributed by atoms with van der Waals surface area (Å²) in [6.07, 6.45) is 1.09. The van der Waals surface area contributed by atoms with E-state index >= 15 is 0 Å². The number of carbonyl (C=O) groups is 2. The normalized spacial score (nSPS) is 19.2. The number of hydroxylamine groups is 1. The molecule has 1 saturated carbocycles. The fraction of sp³-hybridized carbons (Fsp3) is 0.280. The summed E-state index contributed by atoms with van der Waals surface area (Å²) in [4.78, 5) is 32.2. The highest BCUT2D eigenvalue weighted by Gasteiger charge is 2.63. The van der Waals surface area contributed by atoms with Crippen LogP contribution in [0.5, 0.6) is 5.75 Å². The van der Waals surface area contributed by atoms with Gasteiger partial charge in [0.25, 0.3) is 5.91 Å². The zero-order chi connectivity index (χ0) is 23.6. The molecular formula is C25H24FN3O4. The van der Waals surface area contributed by atoms with Gasteiger partial charge in [-0.1, -0.05) is 31.2 Å². The topological polar surface area (TPSA) is 101 Å². The minimum atomic E-state index is -1.12. The van der Waals surface area contributed by atoms with Gasteiger partial charge in [0, 0.05) is 16.6 Å². The largest absolute Gasteiger partial charge is 0.486 e. The number of nitrogens with zero attached hydrogens (tertiary/aromatic N) is 2. The van der Waals surface area contributed by atoms with Gasteiger partial charge in [-0.05, 0) is 55.8 Å². The number of benzene rings is 2. The molecule has 1 aromatic heterocycles. The van der Waals surface area contributed by atoms with E-state index in [-0.39, 0.29) is 25.2 Å². The summed E-state index contributed by atoms with van der Waals surface area (Å²) in [5, 5.41) is 9.84. The highest BCUT2D eigenvalue weighted by molar-refractivity contribution is 5.97. The van der Waals surface area contributed by atoms with E-state index in [1.807, 2.05) is 37.3 Å². The van der Waals surface area contributed by atoms with Crippen LogP contribution in [0.2, 0.25) is 0 Å². The Morgan fingerprint density at radius 2 is 2.09 bits per heavy atom. The van der Waals surface area contributed by atoms with Crippen LogP contribution in [-0.4, -0.2) is 28.7 Å². The highest BCUT2D eigenvalue weighted by Crippen LogP contribution is 2.56. The number of hydrogen-bond donors (Lipinski definition) is 2. The Labute approximate surface area is 190 Å². The Balaban J connectivity index is 1.52. The first kappa shape index (κ1) is 22.5. The van der Waals surface area contributed by atoms with Crippen LogP contribution in [0.15, 0.2) is 53.5 Å². The molecule has 1 heterocycles. The number of aromatic nitrogens is 1. The number of pyridine rings is 1. The second kappa shape index (κ2) is 9.07. The molecule has 3 aromatic rings. The Bertz CT molecular complexity index is 1250. The van der Waals surface area contributed by atoms with Crippen molar-refractivity contribution >= 4 is 29.4 Å². The molecule has 0 unspecified atom stereocenters. The maximum Gasteiger partial charge on any atom is 0.252 e. The number of aryl methyl sites for hydroxylation is 1. The third-order valence-corrected chi connectivity index (χ3v) is 6.19. The number of aliphatic imine (C=N–C) groups is 1. The fourth-order valence-corrected chi connectivity index (χ4v) is 4.29. The molecule has 1 fully saturated rings. The van der Waals surface area contributed by atoms with E-state index in [1.54, 1.807) is 11.5 Å². The molecule has 170 valence electrons. The minimum absolute atomic E-state index is 0.0837. The maximum absolute atomic E-state index is 14.8. The second-order valence-electron chi connectivity index (χ2n) is 8.23. The van der Waals surface area contributed by atoms with Crippen molar-refractivity contribution in [2.75, 3.05) is 0 Å². The third-order valence-electron chi connectivity index (χ3n) is 6.19. The monoisotopic (exact) mass is 449 g/mol. The van der Waals surface area contributed by atoms with Crippen molar-refractivity contribution in [3.05, 3.63) is 71.2 Å². The summed E-state index contributed by atoms with van der Waals surface area (Å²) in [6, 6.07) is 14.2. The van der Waals surface area contributed by atoms with E-state index in [4.69, 9.17) is 9.94 Å². The molecule has 33 heavy (non-hydrogen) atoms. The molecule has 8 heteroatoms. The molecule has 2 atom stereocenters. The SMILES string of the molecule is C=NC(=O)[C@@]1(Cc2ccc(OCc3cc(CC)nc4ccccc34)c(F)c2)C[C@@H]1C(=O)NO. The zero-order valence-electron chi connectivity index (χ0n) is 18.2. The second-order valence-corrected chi connectivity index (χ2v) is 8.23. The Kier molecular flexibility index (Phi) is 6.20. The molecule has 0 saturated heterocycles. The number of halogens is 1. The molecule has 2 aromatic carbocycles. The minimum Gasteiger partial charge on any atom is -0.486 e. The summed E-state index contributed by atoms with van der Waals surface area (Å²) in [7, 11) is 0. The number of fused-ring (bicyclic) bond motifs is 1. The van der Waals surface area contributed by atoms with Crippen LogP contribution in [0.25, 0.3) is 10.9 Å². The van der Waals surface area contributed by atoms with Crippen LogP contribution < -0.4 is 10.2 Å². The summed E-state index contributed by atoms with van der Waals surface area (Å²) in [5.41, 5.74) is 3.68. The molecule has 1 aliphatic rings. The summed E-state index contributed by atoms with van der Waals surface area (Å²) < 4.78 is 20.6. The Hall–Kier alpha value is -3.65. The third kappa shape index (κ3) is 4.34. The molecule has 1 aliphatic carbocycles. The van der Waals surface area contributed by atoms with Gasteiger partial charge in [0.05, 0.1) is 16.8 Å². The molecule has 0 spiro atoms. The van der Waals surface area contributed by atoms with Crippen LogP contribution >= 0.6 is 0 Å². The molecule has 4 rings (SSSR count). The van der Waals surface area contributed by atoms with Crippen molar-refractivity contribution in [1.82, 2.24) is 10.5 Å². The van der Waals surface area contributed by atoms with E-state index < -0.39 is 29.0 Å². The average Bonchev–Trinajstić information content (AvgIpc) is 3.57. The molecule has 2 N–H and O–H groups in total. The molecule has 2 amide bonds. The summed E-state index contributed by atoms with van der Waals surface area (Å²) >= 11 is 0. The van der Waals surface area contributed by atoms with E-state index in [9.17, 15) is 14.0 Å². The van der Waals surface area contributed by atoms with Gasteiger partial charge < -0.3 is 4.74 Å². The first-order chi connectivity index (χ1) is 15.9. The van der Waals surface area contributed by atoms with Crippen LogP contribution in [0.3, 0.4) is 0 Å². The van der Waals surface area contributed by atoms with Crippen molar-refractivity contribution in [1.29, 1.82) is 0 Å². The summed E-state index contributed by atoms with van der Waals surface area (Å²) in [6.45, 7) is 5.45. The van der Waals surface area contributed by atoms with E-state index in [2.05, 4.69) is 16.7 Å². The summed E-state index contributed by atoms with van der Waals surface area (Å²) in [5.74, 6) is -2.43. The first-order valence-electron chi connectivity index (χ1n) is 10.7. The van der Waals surface area contributed by atoms with Crippen LogP contribution in [0.1, 0.15) is 30.2 Å². The number of hydrogen-bond acceptors (Lipinski definition) is 5.